The van der Waals surface area contributed by atoms with Gasteiger partial charge in [0.05, 0.1) is 0 Å². The highest BCUT2D eigenvalue weighted by atomic mass is 29.9. The van der Waals surface area contributed by atoms with Crippen molar-refractivity contribution < 1.29 is 0 Å². The van der Waals surface area contributed by atoms with Crippen LogP contribution in [-0.2, 0) is 0 Å². The van der Waals surface area contributed by atoms with Gasteiger partial charge in [-0.25, -0.2) is 0 Å². The second-order valence-corrected chi connectivity index (χ2v) is 38.6. The Balaban J connectivity index is 4.78. The summed E-state index contributed by atoms with van der Waals surface area (Å²) < 4.78 is 0. The van der Waals surface area contributed by atoms with E-state index in [2.05, 4.69) is 52.8 Å². The van der Waals surface area contributed by atoms with Crippen LogP contribution in [0.3, 0.4) is 0 Å². The van der Waals surface area contributed by atoms with Crippen molar-refractivity contribution in [3.8, 4) is 0 Å². The van der Waals surface area contributed by atoms with Crippen LogP contribution in [0.2, 0.25) is 51.9 Å². The Labute approximate surface area is 89.7 Å². The summed E-state index contributed by atoms with van der Waals surface area (Å²) in [6.07, 6.45) is 0. The summed E-state index contributed by atoms with van der Waals surface area (Å²) >= 11 is 0. The third-order valence-corrected chi connectivity index (χ3v) is 54.7. The molecule has 0 saturated carbocycles. The molecule has 2 radical (unpaired) electrons. The van der Waals surface area contributed by atoms with Gasteiger partial charge in [0.1, 0.15) is 0 Å². The van der Waals surface area contributed by atoms with Gasteiger partial charge < -0.3 is 0 Å². The van der Waals surface area contributed by atoms with Gasteiger partial charge in [0.15, 0.2) is 0 Å². The van der Waals surface area contributed by atoms with Gasteiger partial charge in [0.2, 0.25) is 0 Å². The Bertz CT molecular complexity index is 140. The molecule has 0 N–H and O–H groups in total. The minimum absolute atomic E-state index is 0.0432. The van der Waals surface area contributed by atoms with Crippen molar-refractivity contribution >= 4 is 30.8 Å². The maximum Gasteiger partial charge on any atom is 0.0303 e. The zero-order valence-electron chi connectivity index (χ0n) is 10.7. The van der Waals surface area contributed by atoms with Crippen LogP contribution in [0.15, 0.2) is 0 Å². The molecule has 4 heteroatoms. The van der Waals surface area contributed by atoms with Gasteiger partial charge in [0, 0.05) is 30.8 Å². The van der Waals surface area contributed by atoms with Crippen LogP contribution in [0.1, 0.15) is 6.92 Å². The lowest BCUT2D eigenvalue weighted by atomic mass is 11.0. The van der Waals surface area contributed by atoms with Crippen LogP contribution in [-0.4, -0.2) is 30.8 Å². The van der Waals surface area contributed by atoms with Gasteiger partial charge in [-0.1, -0.05) is 58.8 Å². The van der Waals surface area contributed by atoms with Crippen LogP contribution in [0.4, 0.5) is 0 Å². The molecule has 0 atom stereocenters. The van der Waals surface area contributed by atoms with Crippen molar-refractivity contribution in [1.82, 2.24) is 0 Å². The fourth-order valence-electron chi connectivity index (χ4n) is 2.58. The Morgan fingerprint density at radius 3 is 1.23 bits per heavy atom. The topological polar surface area (TPSA) is 0 Å². The second-order valence-electron chi connectivity index (χ2n) is 6.01. The van der Waals surface area contributed by atoms with E-state index in [1.54, 1.807) is 0 Å². The number of hydrogen-bond donors (Lipinski definition) is 0. The van der Waals surface area contributed by atoms with E-state index in [-0.39, 0.29) is 15.7 Å². The summed E-state index contributed by atoms with van der Waals surface area (Å²) in [6, 6.07) is 1.51. The van der Waals surface area contributed by atoms with E-state index >= 15 is 0 Å². The SMILES string of the molecule is CC[Si](C)[Si]([Si](C)(C)C)[Si](C)(C)C. The average molecular weight is 247 g/mol. The first-order chi connectivity index (χ1) is 5.60. The van der Waals surface area contributed by atoms with E-state index in [4.69, 9.17) is 0 Å². The molecular weight excluding hydrogens is 220 g/mol. The van der Waals surface area contributed by atoms with Gasteiger partial charge in [-0.2, -0.15) is 0 Å². The minimum Gasteiger partial charge on any atom is -0.0737 e. The fraction of sp³-hybridized carbons (Fsp3) is 1.00. The second kappa shape index (κ2) is 4.59. The monoisotopic (exact) mass is 246 g/mol. The van der Waals surface area contributed by atoms with Crippen molar-refractivity contribution in [3.05, 3.63) is 0 Å². The lowest BCUT2D eigenvalue weighted by Crippen LogP contribution is -2.66. The van der Waals surface area contributed by atoms with E-state index in [1.807, 2.05) is 0 Å². The normalized spacial score (nSPS) is 14.3. The maximum absolute atomic E-state index is 2.61. The van der Waals surface area contributed by atoms with Gasteiger partial charge >= 0.3 is 0 Å². The Morgan fingerprint density at radius 2 is 1.15 bits per heavy atom. The van der Waals surface area contributed by atoms with Crippen molar-refractivity contribution in [3.63, 3.8) is 0 Å². The van der Waals surface area contributed by atoms with Crippen LogP contribution < -0.4 is 0 Å². The van der Waals surface area contributed by atoms with Crippen molar-refractivity contribution in [2.45, 2.75) is 58.8 Å². The molecule has 0 bridgehead atoms. The van der Waals surface area contributed by atoms with E-state index in [9.17, 15) is 0 Å². The van der Waals surface area contributed by atoms with E-state index in [0.29, 0.717) is 0 Å². The Kier molecular flexibility index (Phi) is 4.90. The minimum atomic E-state index is -0.797. The predicted molar refractivity (Wildman–Crippen MR) is 74.5 cm³/mol. The summed E-state index contributed by atoms with van der Waals surface area (Å²) in [5, 5.41) is 0. The molecule has 0 aromatic rings. The van der Waals surface area contributed by atoms with Gasteiger partial charge in [-0.3, -0.25) is 0 Å². The maximum atomic E-state index is 2.61. The van der Waals surface area contributed by atoms with Gasteiger partial charge in [-0.05, 0) is 0 Å². The van der Waals surface area contributed by atoms with Crippen molar-refractivity contribution in [1.29, 1.82) is 0 Å². The lowest BCUT2D eigenvalue weighted by Gasteiger charge is -2.40. The van der Waals surface area contributed by atoms with E-state index in [0.717, 1.165) is 0 Å². The molecule has 0 rings (SSSR count). The molecule has 0 aliphatic heterocycles. The fourth-order valence-corrected chi connectivity index (χ4v) is 69.7. The molecule has 0 aliphatic rings. The smallest absolute Gasteiger partial charge is 0.0303 e. The summed E-state index contributed by atoms with van der Waals surface area (Å²) in [5.74, 6) is 0. The molecule has 0 amide bonds. The summed E-state index contributed by atoms with van der Waals surface area (Å²) in [6.45, 7) is 20.7. The highest BCUT2D eigenvalue weighted by Crippen LogP contribution is 2.21. The number of hydrogen-bond acceptors (Lipinski definition) is 0. The first-order valence-corrected chi connectivity index (χ1v) is 19.0. The zero-order valence-corrected chi connectivity index (χ0v) is 14.7. The third-order valence-electron chi connectivity index (χ3n) is 2.46. The molecule has 0 unspecified atom stereocenters. The third kappa shape index (κ3) is 4.27. The van der Waals surface area contributed by atoms with Gasteiger partial charge in [-0.15, -0.1) is 0 Å². The first kappa shape index (κ1) is 13.9. The molecule has 0 nitrogen and oxygen atoms in total. The quantitative estimate of drug-likeness (QED) is 0.666. The molecular formula is C9H26Si4. The summed E-state index contributed by atoms with van der Waals surface area (Å²) in [7, 11) is -1.48. The highest BCUT2D eigenvalue weighted by molar-refractivity contribution is 7.78. The molecule has 0 saturated heterocycles. The van der Waals surface area contributed by atoms with Crippen molar-refractivity contribution in [2.75, 3.05) is 0 Å². The predicted octanol–water partition coefficient (Wildman–Crippen LogP) is 3.54. The molecule has 78 valence electrons. The largest absolute Gasteiger partial charge is 0.0737 e. The van der Waals surface area contributed by atoms with Crippen LogP contribution in [0.25, 0.3) is 0 Å². The molecule has 0 aliphatic carbocycles. The lowest BCUT2D eigenvalue weighted by molar-refractivity contribution is 1.44. The summed E-state index contributed by atoms with van der Waals surface area (Å²) in [5.41, 5.74) is 0. The first-order valence-electron chi connectivity index (χ1n) is 5.31. The Hall–Kier alpha value is 0.868. The van der Waals surface area contributed by atoms with Crippen LogP contribution in [0.5, 0.6) is 0 Å². The highest BCUT2D eigenvalue weighted by Gasteiger charge is 2.41. The summed E-state index contributed by atoms with van der Waals surface area (Å²) in [4.78, 5) is 0. The number of rotatable bonds is 4. The standard InChI is InChI=1S/C9H26Si4/c1-9-10(2)11(12(3,4)5)13(6,7)8/h9H2,1-8H3. The van der Waals surface area contributed by atoms with Crippen LogP contribution >= 0.6 is 0 Å². The Morgan fingerprint density at radius 1 is 0.846 bits per heavy atom. The molecule has 0 aromatic carbocycles. The van der Waals surface area contributed by atoms with E-state index < -0.39 is 15.2 Å². The van der Waals surface area contributed by atoms with E-state index in [1.165, 1.54) is 6.04 Å². The molecule has 13 heavy (non-hydrogen) atoms. The molecule has 0 spiro atoms. The van der Waals surface area contributed by atoms with Gasteiger partial charge in [0.25, 0.3) is 0 Å². The van der Waals surface area contributed by atoms with Crippen LogP contribution in [0, 0.1) is 0 Å². The molecule has 0 fully saturated rings. The van der Waals surface area contributed by atoms with Crippen molar-refractivity contribution in [2.24, 2.45) is 0 Å². The zero-order chi connectivity index (χ0) is 10.9. The molecule has 0 aromatic heterocycles. The molecule has 0 heterocycles. The average Bonchev–Trinajstić information content (AvgIpc) is 1.80.